The van der Waals surface area contributed by atoms with Gasteiger partial charge in [0.1, 0.15) is 6.61 Å². The highest BCUT2D eigenvalue weighted by atomic mass is 32.2. The Kier molecular flexibility index (Phi) is 15.3. The number of carbonyl (C=O) groups is 2. The van der Waals surface area contributed by atoms with Gasteiger partial charge in [-0.15, -0.1) is 0 Å². The molecule has 0 heterocycles. The fraction of sp³-hybridized carbons (Fsp3) is 0.905. The lowest BCUT2D eigenvalue weighted by Gasteiger charge is -2.13. The van der Waals surface area contributed by atoms with Gasteiger partial charge in [-0.05, 0) is 24.7 Å². The quantitative estimate of drug-likeness (QED) is 0.195. The van der Waals surface area contributed by atoms with E-state index in [4.69, 9.17) is 9.47 Å². The van der Waals surface area contributed by atoms with Gasteiger partial charge in [0.25, 0.3) is 10.1 Å². The number of ketones is 1. The molecule has 0 aromatic heterocycles. The molecule has 172 valence electrons. The second-order valence-corrected chi connectivity index (χ2v) is 10.1. The third-order valence-electron chi connectivity index (χ3n) is 4.54. The monoisotopic (exact) mass is 436 g/mol. The summed E-state index contributed by atoms with van der Waals surface area (Å²) in [6, 6.07) is 0. The minimum atomic E-state index is -4.72. The minimum absolute atomic E-state index is 0.0734. The van der Waals surface area contributed by atoms with Crippen LogP contribution >= 0.6 is 0 Å². The Labute approximate surface area is 176 Å². The summed E-state index contributed by atoms with van der Waals surface area (Å²) in [7, 11) is -4.72. The van der Waals surface area contributed by atoms with Crippen LogP contribution in [0.3, 0.4) is 0 Å². The molecule has 0 radical (unpaired) electrons. The van der Waals surface area contributed by atoms with Gasteiger partial charge in [0.05, 0.1) is 6.61 Å². The number of Topliss-reactive ketones (excluding diaryl/α,β-unsaturated/α-hetero) is 1. The van der Waals surface area contributed by atoms with Crippen molar-refractivity contribution in [1.82, 2.24) is 0 Å². The van der Waals surface area contributed by atoms with Gasteiger partial charge in [-0.25, -0.2) is 0 Å². The number of hydrogen-bond donors (Lipinski definition) is 1. The molecule has 0 saturated carbocycles. The highest BCUT2D eigenvalue weighted by molar-refractivity contribution is 7.87. The summed E-state index contributed by atoms with van der Waals surface area (Å²) < 4.78 is 42.5. The van der Waals surface area contributed by atoms with E-state index in [1.807, 2.05) is 0 Å². The summed E-state index contributed by atoms with van der Waals surface area (Å²) in [5, 5.41) is -1.89. The Morgan fingerprint density at radius 1 is 0.828 bits per heavy atom. The minimum Gasteiger partial charge on any atom is -0.465 e. The van der Waals surface area contributed by atoms with Crippen LogP contribution in [0.2, 0.25) is 0 Å². The molecule has 29 heavy (non-hydrogen) atoms. The first-order valence-electron chi connectivity index (χ1n) is 10.8. The molecule has 0 rings (SSSR count). The largest absolute Gasteiger partial charge is 0.465 e. The second kappa shape index (κ2) is 15.8. The van der Waals surface area contributed by atoms with Crippen LogP contribution in [0.4, 0.5) is 0 Å². The van der Waals surface area contributed by atoms with Gasteiger partial charge in [-0.2, -0.15) is 8.42 Å². The molecule has 8 heteroatoms. The van der Waals surface area contributed by atoms with E-state index < -0.39 is 33.5 Å². The van der Waals surface area contributed by atoms with E-state index in [2.05, 4.69) is 27.7 Å². The summed E-state index contributed by atoms with van der Waals surface area (Å²) >= 11 is 0. The number of carbonyl (C=O) groups excluding carboxylic acids is 2. The molecule has 0 saturated heterocycles. The normalized spacial score (nSPS) is 13.1. The third-order valence-corrected chi connectivity index (χ3v) is 5.62. The molecule has 7 nitrogen and oxygen atoms in total. The highest BCUT2D eigenvalue weighted by Crippen LogP contribution is 2.12. The Morgan fingerprint density at radius 3 is 1.83 bits per heavy atom. The van der Waals surface area contributed by atoms with Gasteiger partial charge in [0.2, 0.25) is 0 Å². The van der Waals surface area contributed by atoms with Crippen LogP contribution in [0, 0.1) is 11.8 Å². The summed E-state index contributed by atoms with van der Waals surface area (Å²) in [6.07, 6.45) is 6.99. The lowest BCUT2D eigenvalue weighted by molar-refractivity contribution is -0.144. The van der Waals surface area contributed by atoms with Crippen molar-refractivity contribution in [2.45, 2.75) is 90.7 Å². The zero-order valence-corrected chi connectivity index (χ0v) is 19.3. The number of esters is 1. The fourth-order valence-corrected chi connectivity index (χ4v) is 3.50. The summed E-state index contributed by atoms with van der Waals surface area (Å²) in [4.78, 5) is 24.0. The van der Waals surface area contributed by atoms with E-state index >= 15 is 0 Å². The van der Waals surface area contributed by atoms with Crippen molar-refractivity contribution in [3.63, 3.8) is 0 Å². The van der Waals surface area contributed by atoms with E-state index in [0.717, 1.165) is 44.9 Å². The molecule has 0 bridgehead atoms. The van der Waals surface area contributed by atoms with Crippen molar-refractivity contribution in [2.24, 2.45) is 11.8 Å². The van der Waals surface area contributed by atoms with Gasteiger partial charge >= 0.3 is 5.97 Å². The molecule has 1 N–H and O–H groups in total. The van der Waals surface area contributed by atoms with E-state index in [0.29, 0.717) is 24.9 Å². The topological polar surface area (TPSA) is 107 Å². The highest BCUT2D eigenvalue weighted by Gasteiger charge is 2.34. The summed E-state index contributed by atoms with van der Waals surface area (Å²) in [5.74, 6) is -0.369. The van der Waals surface area contributed by atoms with E-state index in [1.165, 1.54) is 0 Å². The molecule has 0 aliphatic carbocycles. The van der Waals surface area contributed by atoms with Crippen LogP contribution in [0.5, 0.6) is 0 Å². The molecule has 0 amide bonds. The van der Waals surface area contributed by atoms with Gasteiger partial charge < -0.3 is 9.47 Å². The summed E-state index contributed by atoms with van der Waals surface area (Å²) in [6.45, 7) is 8.79. The SMILES string of the molecule is CC(C)CCCCCOCC(=O)CC(C(=O)OCCCCCC(C)C)S(=O)(=O)O. The van der Waals surface area contributed by atoms with Crippen LogP contribution in [0.25, 0.3) is 0 Å². The first kappa shape index (κ1) is 28.0. The first-order valence-corrected chi connectivity index (χ1v) is 12.3. The maximum Gasteiger partial charge on any atom is 0.327 e. The standard InChI is InChI=1S/C21H40O7S/c1-17(2)11-7-5-9-13-27-16-19(22)15-20(29(24,25)26)21(23)28-14-10-6-8-12-18(3)4/h17-18,20H,5-16H2,1-4H3,(H,24,25,26). The maximum atomic E-state index is 12.0. The number of hydrogen-bond acceptors (Lipinski definition) is 6. The molecular weight excluding hydrogens is 396 g/mol. The zero-order chi connectivity index (χ0) is 22.3. The van der Waals surface area contributed by atoms with Crippen molar-refractivity contribution in [3.05, 3.63) is 0 Å². The number of rotatable bonds is 18. The van der Waals surface area contributed by atoms with Crippen LogP contribution in [0.1, 0.15) is 85.5 Å². The maximum absolute atomic E-state index is 12.0. The molecule has 1 atom stereocenters. The fourth-order valence-electron chi connectivity index (χ4n) is 2.79. The predicted molar refractivity (Wildman–Crippen MR) is 113 cm³/mol. The Morgan fingerprint density at radius 2 is 1.34 bits per heavy atom. The molecule has 1 unspecified atom stereocenters. The lowest BCUT2D eigenvalue weighted by Crippen LogP contribution is -2.35. The molecule has 0 aromatic carbocycles. The second-order valence-electron chi connectivity index (χ2n) is 8.45. The van der Waals surface area contributed by atoms with Crippen LogP contribution < -0.4 is 0 Å². The van der Waals surface area contributed by atoms with Gasteiger partial charge in [-0.3, -0.25) is 14.1 Å². The zero-order valence-electron chi connectivity index (χ0n) is 18.5. The Bertz CT molecular complexity index is 555. The number of ether oxygens (including phenoxy) is 2. The van der Waals surface area contributed by atoms with Crippen LogP contribution in [-0.4, -0.2) is 49.8 Å². The average molecular weight is 437 g/mol. The van der Waals surface area contributed by atoms with Crippen LogP contribution in [0.15, 0.2) is 0 Å². The van der Waals surface area contributed by atoms with Crippen LogP contribution in [-0.2, 0) is 29.2 Å². The smallest absolute Gasteiger partial charge is 0.327 e. The molecular formula is C21H40O7S. The van der Waals surface area contributed by atoms with Crippen molar-refractivity contribution in [1.29, 1.82) is 0 Å². The molecule has 0 aliphatic rings. The van der Waals surface area contributed by atoms with E-state index in [9.17, 15) is 22.6 Å². The van der Waals surface area contributed by atoms with Gasteiger partial charge in [0, 0.05) is 13.0 Å². The Hall–Kier alpha value is -0.990. The van der Waals surface area contributed by atoms with Crippen molar-refractivity contribution < 1.29 is 32.0 Å². The van der Waals surface area contributed by atoms with Crippen molar-refractivity contribution >= 4 is 21.9 Å². The van der Waals surface area contributed by atoms with Gasteiger partial charge in [-0.1, -0.05) is 66.2 Å². The summed E-state index contributed by atoms with van der Waals surface area (Å²) in [5.41, 5.74) is 0. The predicted octanol–water partition coefficient (Wildman–Crippen LogP) is 4.19. The van der Waals surface area contributed by atoms with Crippen molar-refractivity contribution in [3.8, 4) is 0 Å². The van der Waals surface area contributed by atoms with Gasteiger partial charge in [0.15, 0.2) is 11.0 Å². The number of unbranched alkanes of at least 4 members (excludes halogenated alkanes) is 4. The van der Waals surface area contributed by atoms with E-state index in [1.54, 1.807) is 0 Å². The third kappa shape index (κ3) is 16.5. The lowest BCUT2D eigenvalue weighted by atomic mass is 10.1. The van der Waals surface area contributed by atoms with Crippen molar-refractivity contribution in [2.75, 3.05) is 19.8 Å². The molecule has 0 aromatic rings. The first-order chi connectivity index (χ1) is 13.5. The molecule has 0 spiro atoms. The van der Waals surface area contributed by atoms with E-state index in [-0.39, 0.29) is 13.2 Å². The Balaban J connectivity index is 4.17. The molecule has 0 aliphatic heterocycles. The average Bonchev–Trinajstić information content (AvgIpc) is 2.60. The molecule has 0 fully saturated rings.